The van der Waals surface area contributed by atoms with Crippen LogP contribution in [-0.4, -0.2) is 15.0 Å². The Balaban J connectivity index is 2.73. The number of hydrogen-bond acceptors (Lipinski definition) is 3. The van der Waals surface area contributed by atoms with Gasteiger partial charge in [-0.05, 0) is 31.7 Å². The van der Waals surface area contributed by atoms with E-state index >= 15 is 0 Å². The van der Waals surface area contributed by atoms with Gasteiger partial charge in [-0.1, -0.05) is 24.3 Å². The highest BCUT2D eigenvalue weighted by atomic mass is 32.2. The molecule has 0 bridgehead atoms. The van der Waals surface area contributed by atoms with Crippen molar-refractivity contribution in [2.75, 3.05) is 6.61 Å². The first-order valence-corrected chi connectivity index (χ1v) is 6.69. The first-order chi connectivity index (χ1) is 8.45. The van der Waals surface area contributed by atoms with Crippen LogP contribution in [0.2, 0.25) is 0 Å². The molecule has 0 aromatic heterocycles. The summed E-state index contributed by atoms with van der Waals surface area (Å²) in [5.74, 6) is -0.0397. The number of benzene rings is 1. The average molecular weight is 265 g/mol. The molecule has 5 heteroatoms. The molecule has 1 rings (SSSR count). The van der Waals surface area contributed by atoms with Gasteiger partial charge in [0.2, 0.25) is 0 Å². The predicted octanol–water partition coefficient (Wildman–Crippen LogP) is 2.10. The van der Waals surface area contributed by atoms with Gasteiger partial charge in [0.05, 0.1) is 4.90 Å². The maximum absolute atomic E-state index is 11.9. The quantitative estimate of drug-likeness (QED) is 0.633. The van der Waals surface area contributed by atoms with Gasteiger partial charge in [0.1, 0.15) is 6.61 Å². The van der Waals surface area contributed by atoms with Crippen LogP contribution in [0.5, 0.6) is 0 Å². The van der Waals surface area contributed by atoms with Crippen molar-refractivity contribution in [1.82, 2.24) is 4.72 Å². The van der Waals surface area contributed by atoms with Crippen molar-refractivity contribution < 1.29 is 13.2 Å². The zero-order valence-corrected chi connectivity index (χ0v) is 11.0. The number of ether oxygens (including phenoxy) is 1. The number of aryl methyl sites for hydroxylation is 1. The van der Waals surface area contributed by atoms with Crippen molar-refractivity contribution in [2.45, 2.75) is 11.8 Å². The van der Waals surface area contributed by atoms with E-state index in [0.717, 1.165) is 5.56 Å². The molecule has 0 heterocycles. The Morgan fingerprint density at radius 1 is 1.44 bits per heavy atom. The highest BCUT2D eigenvalue weighted by Gasteiger charge is 2.14. The fraction of sp³-hybridized carbons (Fsp3) is 0.154. The second-order valence-electron chi connectivity index (χ2n) is 3.56. The largest absolute Gasteiger partial charge is 0.474 e. The van der Waals surface area contributed by atoms with E-state index in [-0.39, 0.29) is 17.4 Å². The molecule has 0 radical (unpaired) electrons. The van der Waals surface area contributed by atoms with Crippen LogP contribution < -0.4 is 4.72 Å². The van der Waals surface area contributed by atoms with Crippen molar-refractivity contribution >= 4 is 10.0 Å². The van der Waals surface area contributed by atoms with E-state index in [1.54, 1.807) is 12.1 Å². The molecule has 1 N–H and O–H groups in total. The molecule has 0 aliphatic heterocycles. The van der Waals surface area contributed by atoms with E-state index in [4.69, 9.17) is 4.74 Å². The summed E-state index contributed by atoms with van der Waals surface area (Å²) in [4.78, 5) is 0.164. The maximum Gasteiger partial charge on any atom is 0.264 e. The van der Waals surface area contributed by atoms with Gasteiger partial charge in [-0.2, -0.15) is 0 Å². The molecule has 4 nitrogen and oxygen atoms in total. The number of rotatable bonds is 6. The van der Waals surface area contributed by atoms with Crippen molar-refractivity contribution in [3.63, 3.8) is 0 Å². The minimum atomic E-state index is -3.64. The molecule has 0 saturated heterocycles. The first kappa shape index (κ1) is 14.1. The molecule has 18 heavy (non-hydrogen) atoms. The third-order valence-electron chi connectivity index (χ3n) is 2.06. The monoisotopic (exact) mass is 265 g/mol. The molecule has 0 aliphatic carbocycles. The Kier molecular flexibility index (Phi) is 4.77. The Hall–Kier alpha value is -1.97. The van der Waals surface area contributed by atoms with Crippen LogP contribution in [0.15, 0.2) is 60.0 Å². The molecule has 0 aliphatic rings. The summed E-state index contributed by atoms with van der Waals surface area (Å²) < 4.78 is 31.1. The van der Waals surface area contributed by atoms with Crippen LogP contribution in [0.25, 0.3) is 0 Å². The summed E-state index contributed by atoms with van der Waals surface area (Å²) in [5.41, 5.74) is 3.49. The number of nitrogens with one attached hydrogen (secondary N) is 1. The van der Waals surface area contributed by atoms with E-state index in [9.17, 15) is 8.42 Å². The van der Waals surface area contributed by atoms with Crippen molar-refractivity contribution in [3.8, 4) is 0 Å². The molecule has 0 spiro atoms. The van der Waals surface area contributed by atoms with E-state index in [0.29, 0.717) is 0 Å². The molecular formula is C13H15NO3S. The molecular weight excluding hydrogens is 250 g/mol. The maximum atomic E-state index is 11.9. The van der Waals surface area contributed by atoms with Gasteiger partial charge < -0.3 is 4.74 Å². The van der Waals surface area contributed by atoms with Gasteiger partial charge in [0, 0.05) is 0 Å². The molecule has 0 fully saturated rings. The van der Waals surface area contributed by atoms with Crippen LogP contribution in [0, 0.1) is 6.92 Å². The molecule has 1 aromatic carbocycles. The summed E-state index contributed by atoms with van der Waals surface area (Å²) in [7, 11) is -3.64. The van der Waals surface area contributed by atoms with Crippen LogP contribution in [0.4, 0.5) is 0 Å². The molecule has 0 atom stereocenters. The van der Waals surface area contributed by atoms with E-state index in [2.05, 4.69) is 23.6 Å². The molecule has 0 unspecified atom stereocenters. The zero-order valence-electron chi connectivity index (χ0n) is 10.1. The topological polar surface area (TPSA) is 55.4 Å². The Labute approximate surface area is 107 Å². The van der Waals surface area contributed by atoms with Crippen molar-refractivity contribution in [3.05, 3.63) is 60.7 Å². The third kappa shape index (κ3) is 4.13. The van der Waals surface area contributed by atoms with Gasteiger partial charge in [-0.25, -0.2) is 8.42 Å². The number of hydrogen-bond donors (Lipinski definition) is 1. The van der Waals surface area contributed by atoms with Gasteiger partial charge in [0.25, 0.3) is 10.0 Å². The normalized spacial score (nSPS) is 10.3. The number of sulfonamides is 1. The summed E-state index contributed by atoms with van der Waals surface area (Å²) in [6.45, 7) is 8.88. The fourth-order valence-electron chi connectivity index (χ4n) is 1.16. The summed E-state index contributed by atoms with van der Waals surface area (Å²) in [5, 5.41) is 0. The van der Waals surface area contributed by atoms with Gasteiger partial charge in [-0.15, -0.1) is 5.73 Å². The van der Waals surface area contributed by atoms with Crippen LogP contribution in [0.3, 0.4) is 0 Å². The van der Waals surface area contributed by atoms with Gasteiger partial charge in [-0.3, -0.25) is 4.72 Å². The smallest absolute Gasteiger partial charge is 0.264 e. The van der Waals surface area contributed by atoms with Crippen LogP contribution in [0.1, 0.15) is 5.56 Å². The Morgan fingerprint density at radius 2 is 2.06 bits per heavy atom. The zero-order chi connectivity index (χ0) is 13.6. The van der Waals surface area contributed by atoms with Gasteiger partial charge >= 0.3 is 0 Å². The third-order valence-corrected chi connectivity index (χ3v) is 3.45. The molecule has 0 saturated carbocycles. The Bertz CT molecular complexity index is 567. The lowest BCUT2D eigenvalue weighted by molar-refractivity contribution is 0.237. The summed E-state index contributed by atoms with van der Waals surface area (Å²) in [6, 6.07) is 6.49. The highest BCUT2D eigenvalue weighted by Crippen LogP contribution is 2.11. The minimum absolute atomic E-state index is 0.0397. The van der Waals surface area contributed by atoms with E-state index in [1.165, 1.54) is 18.2 Å². The lowest BCUT2D eigenvalue weighted by Crippen LogP contribution is -2.24. The second-order valence-corrected chi connectivity index (χ2v) is 5.24. The SMILES string of the molecule is C=C=CCOC(=C)NS(=O)(=O)c1ccc(C)cc1. The highest BCUT2D eigenvalue weighted by molar-refractivity contribution is 7.89. The minimum Gasteiger partial charge on any atom is -0.474 e. The van der Waals surface area contributed by atoms with Crippen LogP contribution >= 0.6 is 0 Å². The van der Waals surface area contributed by atoms with Crippen LogP contribution in [-0.2, 0) is 14.8 Å². The second kappa shape index (κ2) is 6.10. The van der Waals surface area contributed by atoms with E-state index < -0.39 is 10.0 Å². The molecule has 1 aromatic rings. The Morgan fingerprint density at radius 3 is 2.61 bits per heavy atom. The summed E-state index contributed by atoms with van der Waals surface area (Å²) in [6.07, 6.45) is 1.52. The standard InChI is InChI=1S/C13H15NO3S/c1-4-5-10-17-12(3)14-18(15,16)13-8-6-11(2)7-9-13/h5-9,14H,1,3,10H2,2H3. The van der Waals surface area contributed by atoms with Crippen molar-refractivity contribution in [2.24, 2.45) is 0 Å². The van der Waals surface area contributed by atoms with E-state index in [1.807, 2.05) is 6.92 Å². The lowest BCUT2D eigenvalue weighted by Gasteiger charge is -2.10. The summed E-state index contributed by atoms with van der Waals surface area (Å²) >= 11 is 0. The lowest BCUT2D eigenvalue weighted by atomic mass is 10.2. The molecule has 0 amide bonds. The first-order valence-electron chi connectivity index (χ1n) is 5.21. The fourth-order valence-corrected chi connectivity index (χ4v) is 2.13. The predicted molar refractivity (Wildman–Crippen MR) is 70.3 cm³/mol. The molecule has 96 valence electrons. The van der Waals surface area contributed by atoms with Gasteiger partial charge in [0.15, 0.2) is 5.88 Å². The average Bonchev–Trinajstić information content (AvgIpc) is 2.29. The van der Waals surface area contributed by atoms with Crippen molar-refractivity contribution in [1.29, 1.82) is 0 Å².